The van der Waals surface area contributed by atoms with Crippen molar-refractivity contribution in [2.24, 2.45) is 11.7 Å². The van der Waals surface area contributed by atoms with E-state index < -0.39 is 0 Å². The molecular weight excluding hydrogens is 330 g/mol. The van der Waals surface area contributed by atoms with Crippen LogP contribution >= 0.6 is 0 Å². The van der Waals surface area contributed by atoms with Crippen molar-refractivity contribution in [3.05, 3.63) is 0 Å². The Morgan fingerprint density at radius 1 is 0.962 bits per heavy atom. The largest absolute Gasteiger partial charge is 0.400 e. The van der Waals surface area contributed by atoms with Crippen LogP contribution in [0.15, 0.2) is 0 Å². The maximum absolute atomic E-state index is 11.2. The van der Waals surface area contributed by atoms with Crippen LogP contribution in [0.1, 0.15) is 99.2 Å². The Hall–Kier alpha value is -0.940. The van der Waals surface area contributed by atoms with Crippen LogP contribution in [0.3, 0.4) is 0 Å². The second-order valence-electron chi connectivity index (χ2n) is 6.50. The number of Topliss-reactive ketones (excluding diaryl/α,β-unsaturated/α-hetero) is 1. The highest BCUT2D eigenvalue weighted by atomic mass is 16.5. The zero-order valence-corrected chi connectivity index (χ0v) is 17.6. The van der Waals surface area contributed by atoms with Gasteiger partial charge in [-0.05, 0) is 25.7 Å². The van der Waals surface area contributed by atoms with E-state index in [1.54, 1.807) is 0 Å². The maximum Gasteiger partial charge on any atom is 0.219 e. The average molecular weight is 376 g/mol. The van der Waals surface area contributed by atoms with Crippen molar-refractivity contribution in [1.29, 1.82) is 0 Å². The molecule has 2 rings (SSSR count). The molecule has 0 aliphatic heterocycles. The van der Waals surface area contributed by atoms with Gasteiger partial charge in [-0.15, -0.1) is 0 Å². The summed E-state index contributed by atoms with van der Waals surface area (Å²) in [4.78, 5) is 21.6. The molecular formula is C21H45NO4. The van der Waals surface area contributed by atoms with E-state index in [0.29, 0.717) is 30.8 Å². The maximum atomic E-state index is 11.2. The molecule has 3 N–H and O–H groups in total. The first-order valence-corrected chi connectivity index (χ1v) is 10.5. The second kappa shape index (κ2) is 20.4. The van der Waals surface area contributed by atoms with Crippen LogP contribution in [0.2, 0.25) is 0 Å². The van der Waals surface area contributed by atoms with Gasteiger partial charge in [0, 0.05) is 27.3 Å². The fourth-order valence-electron chi connectivity index (χ4n) is 3.27. The molecule has 1 amide bonds. The van der Waals surface area contributed by atoms with Crippen molar-refractivity contribution in [1.82, 2.24) is 0 Å². The van der Waals surface area contributed by atoms with Crippen LogP contribution in [-0.2, 0) is 14.3 Å². The molecule has 2 aliphatic rings. The fourth-order valence-corrected chi connectivity index (χ4v) is 3.27. The van der Waals surface area contributed by atoms with Crippen molar-refractivity contribution >= 4 is 11.7 Å². The zero-order valence-electron chi connectivity index (χ0n) is 17.6. The molecule has 0 radical (unpaired) electrons. The van der Waals surface area contributed by atoms with Crippen molar-refractivity contribution in [3.63, 3.8) is 0 Å². The van der Waals surface area contributed by atoms with Crippen molar-refractivity contribution in [3.8, 4) is 0 Å². The summed E-state index contributed by atoms with van der Waals surface area (Å²) in [7, 11) is 1.00. The second-order valence-corrected chi connectivity index (χ2v) is 6.50. The molecule has 2 fully saturated rings. The third-order valence-corrected chi connectivity index (χ3v) is 4.66. The number of ketones is 1. The summed E-state index contributed by atoms with van der Waals surface area (Å²) in [6, 6.07) is 0. The number of ether oxygens (including phenoxy) is 1. The summed E-state index contributed by atoms with van der Waals surface area (Å²) in [5.74, 6) is 0.643. The molecule has 0 unspecified atom stereocenters. The summed E-state index contributed by atoms with van der Waals surface area (Å²) >= 11 is 0. The minimum Gasteiger partial charge on any atom is -0.400 e. The lowest BCUT2D eigenvalue weighted by Crippen LogP contribution is -2.20. The number of carbonyl (C=O) groups excluding carboxylic acids is 2. The van der Waals surface area contributed by atoms with E-state index in [2.05, 4.69) is 0 Å². The number of primary amides is 1. The van der Waals surface area contributed by atoms with Crippen LogP contribution in [0.25, 0.3) is 0 Å². The monoisotopic (exact) mass is 375 g/mol. The van der Waals surface area contributed by atoms with Gasteiger partial charge in [-0.3, -0.25) is 9.59 Å². The molecule has 0 aromatic rings. The van der Waals surface area contributed by atoms with Crippen LogP contribution in [0, 0.1) is 5.92 Å². The van der Waals surface area contributed by atoms with E-state index in [-0.39, 0.29) is 7.33 Å². The minimum absolute atomic E-state index is 0. The van der Waals surface area contributed by atoms with E-state index in [1.807, 2.05) is 20.8 Å². The Kier molecular flexibility index (Phi) is 21.4. The van der Waals surface area contributed by atoms with Crippen molar-refractivity contribution < 1.29 is 20.9 Å². The molecule has 2 saturated carbocycles. The van der Waals surface area contributed by atoms with E-state index in [0.717, 1.165) is 39.2 Å². The van der Waals surface area contributed by atoms with E-state index in [1.165, 1.54) is 38.5 Å². The number of hydrogen-bond donors (Lipinski definition) is 2. The van der Waals surface area contributed by atoms with Gasteiger partial charge in [0.05, 0.1) is 12.7 Å². The Morgan fingerprint density at radius 2 is 1.42 bits per heavy atom. The molecule has 158 valence electrons. The van der Waals surface area contributed by atoms with Gasteiger partial charge in [-0.25, -0.2) is 0 Å². The van der Waals surface area contributed by atoms with Crippen molar-refractivity contribution in [2.45, 2.75) is 104 Å². The molecule has 0 atom stereocenters. The number of hydrogen-bond acceptors (Lipinski definition) is 4. The molecule has 26 heavy (non-hydrogen) atoms. The third-order valence-electron chi connectivity index (χ3n) is 4.66. The lowest BCUT2D eigenvalue weighted by atomic mass is 9.85. The van der Waals surface area contributed by atoms with Crippen LogP contribution in [-0.4, -0.2) is 36.6 Å². The summed E-state index contributed by atoms with van der Waals surface area (Å²) in [6.45, 7) is 6.47. The lowest BCUT2D eigenvalue weighted by Gasteiger charge is -2.21. The molecule has 5 nitrogen and oxygen atoms in total. The van der Waals surface area contributed by atoms with Gasteiger partial charge in [-0.1, -0.05) is 59.3 Å². The van der Waals surface area contributed by atoms with Gasteiger partial charge >= 0.3 is 0 Å². The summed E-state index contributed by atoms with van der Waals surface area (Å²) in [5.41, 5.74) is 4.99. The Morgan fingerprint density at radius 3 is 1.85 bits per heavy atom. The molecule has 0 bridgehead atoms. The Labute approximate surface area is 162 Å². The van der Waals surface area contributed by atoms with Crippen LogP contribution < -0.4 is 5.73 Å². The first kappa shape index (κ1) is 27.3. The summed E-state index contributed by atoms with van der Waals surface area (Å²) < 4.78 is 5.49. The smallest absolute Gasteiger partial charge is 0.219 e. The molecule has 5 heteroatoms. The normalized spacial score (nSPS) is 17.4. The fraction of sp³-hybridized carbons (Fsp3) is 0.905. The minimum atomic E-state index is -0.272. The average Bonchev–Trinajstić information content (AvgIpc) is 2.72. The first-order valence-electron chi connectivity index (χ1n) is 10.5. The standard InChI is InChI=1S/C9H17NO2.C9H16O.C2H6.CH4O.H2/c10-9(11)6-7-12-8-4-2-1-3-5-8;1-2-9(10)8-6-4-3-5-7-8;2*1-2;/h8H,1-7H2,(H2,10,11);8H,2-7H2,1H3;1-2H3;2H,1H3;1H. The Bertz CT molecular complexity index is 328. The van der Waals surface area contributed by atoms with Gasteiger partial charge in [0.15, 0.2) is 0 Å². The van der Waals surface area contributed by atoms with Gasteiger partial charge in [0.2, 0.25) is 5.91 Å². The zero-order chi connectivity index (χ0) is 20.2. The molecule has 2 aliphatic carbocycles. The lowest BCUT2D eigenvalue weighted by molar-refractivity contribution is -0.123. The first-order chi connectivity index (χ1) is 12.6. The summed E-state index contributed by atoms with van der Waals surface area (Å²) in [6.07, 6.45) is 13.9. The number of nitrogens with two attached hydrogens (primary N) is 1. The van der Waals surface area contributed by atoms with Gasteiger partial charge in [-0.2, -0.15) is 0 Å². The number of amides is 1. The predicted octanol–water partition coefficient (Wildman–Crippen LogP) is 4.64. The molecule has 0 aromatic heterocycles. The van der Waals surface area contributed by atoms with E-state index in [9.17, 15) is 9.59 Å². The topological polar surface area (TPSA) is 89.6 Å². The predicted molar refractivity (Wildman–Crippen MR) is 110 cm³/mol. The van der Waals surface area contributed by atoms with E-state index >= 15 is 0 Å². The van der Waals surface area contributed by atoms with Crippen LogP contribution in [0.5, 0.6) is 0 Å². The Balaban J connectivity index is -0.000000352. The van der Waals surface area contributed by atoms with Gasteiger partial charge < -0.3 is 15.6 Å². The van der Waals surface area contributed by atoms with E-state index in [4.69, 9.17) is 15.6 Å². The molecule has 0 spiro atoms. The number of aliphatic hydroxyl groups is 1. The van der Waals surface area contributed by atoms with Crippen molar-refractivity contribution in [2.75, 3.05) is 13.7 Å². The molecule has 0 heterocycles. The quantitative estimate of drug-likeness (QED) is 0.708. The highest BCUT2D eigenvalue weighted by molar-refractivity contribution is 5.80. The molecule has 0 aromatic carbocycles. The number of carbonyl (C=O) groups is 2. The number of aliphatic hydroxyl groups excluding tert-OH is 1. The number of rotatable bonds is 6. The highest BCUT2D eigenvalue weighted by Gasteiger charge is 2.18. The van der Waals surface area contributed by atoms with Crippen LogP contribution in [0.4, 0.5) is 0 Å². The highest BCUT2D eigenvalue weighted by Crippen LogP contribution is 2.24. The summed E-state index contributed by atoms with van der Waals surface area (Å²) in [5, 5.41) is 7.00. The third kappa shape index (κ3) is 15.3. The molecule has 0 saturated heterocycles. The SMILES string of the molecule is CC.CCC(=O)C1CCCCC1.CO.NC(=O)CCOC1CCCCC1.[HH]. The van der Waals surface area contributed by atoms with Gasteiger partial charge in [0.25, 0.3) is 0 Å². The van der Waals surface area contributed by atoms with Gasteiger partial charge in [0.1, 0.15) is 5.78 Å².